The van der Waals surface area contributed by atoms with Crippen molar-refractivity contribution in [3.8, 4) is 11.5 Å². The zero-order chi connectivity index (χ0) is 27.3. The van der Waals surface area contributed by atoms with Crippen LogP contribution in [0.2, 0.25) is 0 Å². The van der Waals surface area contributed by atoms with Crippen molar-refractivity contribution < 1.29 is 23.2 Å². The van der Waals surface area contributed by atoms with E-state index in [1.54, 1.807) is 31.4 Å². The zero-order valence-corrected chi connectivity index (χ0v) is 23.4. The number of carbonyl (C=O) groups excluding carboxylic acids is 1. The van der Waals surface area contributed by atoms with Gasteiger partial charge in [-0.25, -0.2) is 0 Å². The third-order valence-electron chi connectivity index (χ3n) is 6.88. The van der Waals surface area contributed by atoms with E-state index in [-0.39, 0.29) is 11.3 Å². The first-order valence-corrected chi connectivity index (χ1v) is 14.0. The number of benzene rings is 2. The van der Waals surface area contributed by atoms with Crippen molar-refractivity contribution in [1.82, 2.24) is 5.32 Å². The van der Waals surface area contributed by atoms with Crippen LogP contribution in [0.5, 0.6) is 11.5 Å². The summed E-state index contributed by atoms with van der Waals surface area (Å²) in [5.41, 5.74) is 6.99. The predicted molar refractivity (Wildman–Crippen MR) is 150 cm³/mol. The number of rotatable bonds is 10. The monoisotopic (exact) mass is 528 g/mol. The second-order valence-corrected chi connectivity index (χ2v) is 13.6. The number of methoxy groups -OCH3 is 1. The van der Waals surface area contributed by atoms with Crippen LogP contribution in [0.25, 0.3) is 0 Å². The molecule has 3 rings (SSSR count). The van der Waals surface area contributed by atoms with E-state index in [9.17, 15) is 9.00 Å². The van der Waals surface area contributed by atoms with Crippen LogP contribution in [0.1, 0.15) is 50.9 Å². The standard InChI is InChI=1S/C29H40N2O5S/c1-21(2)37(33,29(22(3)30)15-17-35-18-16-29)26-13-11-25(12-14-26)36-20-28(4,5)19-31-27(32)23-7-9-24(34-6)10-8-23/h7-14H,3,15-20,30H2,1-2,4-6H3,(H,31,32). The van der Waals surface area contributed by atoms with Gasteiger partial charge in [-0.1, -0.05) is 20.4 Å². The molecule has 1 fully saturated rings. The van der Waals surface area contributed by atoms with Gasteiger partial charge in [-0.05, 0) is 80.1 Å². The van der Waals surface area contributed by atoms with Gasteiger partial charge >= 0.3 is 0 Å². The van der Waals surface area contributed by atoms with E-state index in [2.05, 4.69) is 11.9 Å². The highest BCUT2D eigenvalue weighted by Crippen LogP contribution is 2.40. The van der Waals surface area contributed by atoms with Gasteiger partial charge < -0.3 is 25.3 Å². The Morgan fingerprint density at radius 2 is 1.65 bits per heavy atom. The minimum absolute atomic E-state index is 0.149. The topological polar surface area (TPSA) is 99.9 Å². The predicted octanol–water partition coefficient (Wildman–Crippen LogP) is 4.41. The van der Waals surface area contributed by atoms with Gasteiger partial charge in [0.05, 0.1) is 18.5 Å². The van der Waals surface area contributed by atoms with Gasteiger partial charge in [0.1, 0.15) is 11.5 Å². The fourth-order valence-corrected chi connectivity index (χ4v) is 7.90. The summed E-state index contributed by atoms with van der Waals surface area (Å²) in [4.78, 5) is 14.1. The molecule has 0 aliphatic carbocycles. The number of hydrogen-bond acceptors (Lipinski definition) is 6. The smallest absolute Gasteiger partial charge is 0.251 e. The summed E-state index contributed by atoms with van der Waals surface area (Å²) in [6.45, 7) is 13.7. The second-order valence-electron chi connectivity index (χ2n) is 10.4. The van der Waals surface area contributed by atoms with Crippen LogP contribution in [0.3, 0.4) is 0 Å². The normalized spacial score (nSPS) is 16.8. The maximum Gasteiger partial charge on any atom is 0.251 e. The zero-order valence-electron chi connectivity index (χ0n) is 22.6. The summed E-state index contributed by atoms with van der Waals surface area (Å²) >= 11 is 0. The van der Waals surface area contributed by atoms with E-state index in [4.69, 9.17) is 19.9 Å². The molecule has 7 nitrogen and oxygen atoms in total. The largest absolute Gasteiger partial charge is 0.497 e. The first kappa shape index (κ1) is 28.6. The molecule has 0 bridgehead atoms. The molecular formula is C29H40N2O5S. The fraction of sp³-hybridized carbons (Fsp3) is 0.448. The molecule has 1 atom stereocenters. The number of carbonyl (C=O) groups is 1. The molecular weight excluding hydrogens is 488 g/mol. The van der Waals surface area contributed by atoms with Crippen molar-refractivity contribution in [2.24, 2.45) is 11.1 Å². The lowest BCUT2D eigenvalue weighted by molar-refractivity contribution is 0.0833. The van der Waals surface area contributed by atoms with Gasteiger partial charge in [0, 0.05) is 50.9 Å². The Hall–Kier alpha value is -2.97. The lowest BCUT2D eigenvalue weighted by Gasteiger charge is -2.41. The number of amides is 1. The van der Waals surface area contributed by atoms with E-state index in [1.807, 2.05) is 52.0 Å². The molecule has 1 unspecified atom stereocenters. The molecule has 2 aromatic carbocycles. The maximum atomic E-state index is 14.6. The van der Waals surface area contributed by atoms with Gasteiger partial charge in [0.25, 0.3) is 5.91 Å². The summed E-state index contributed by atoms with van der Waals surface area (Å²) in [5, 5.41) is 2.97. The van der Waals surface area contributed by atoms with Gasteiger partial charge in [0.15, 0.2) is 0 Å². The van der Waals surface area contributed by atoms with Crippen molar-refractivity contribution in [2.75, 3.05) is 33.5 Å². The number of nitrogens with two attached hydrogens (primary N) is 1. The molecule has 1 aliphatic heterocycles. The van der Waals surface area contributed by atoms with Crippen molar-refractivity contribution in [2.45, 2.75) is 50.2 Å². The van der Waals surface area contributed by atoms with Crippen LogP contribution in [-0.2, 0) is 14.3 Å². The first-order valence-electron chi connectivity index (χ1n) is 12.5. The molecule has 1 amide bonds. The average Bonchev–Trinajstić information content (AvgIpc) is 2.90. The van der Waals surface area contributed by atoms with Crippen LogP contribution in [-0.4, -0.2) is 53.2 Å². The van der Waals surface area contributed by atoms with E-state index >= 15 is 0 Å². The fourth-order valence-electron chi connectivity index (χ4n) is 4.57. The molecule has 0 radical (unpaired) electrons. The van der Waals surface area contributed by atoms with E-state index in [0.29, 0.717) is 62.0 Å². The van der Waals surface area contributed by atoms with Crippen LogP contribution in [0.4, 0.5) is 0 Å². The van der Waals surface area contributed by atoms with Gasteiger partial charge in [-0.15, -0.1) is 0 Å². The van der Waals surface area contributed by atoms with Crippen LogP contribution < -0.4 is 20.5 Å². The van der Waals surface area contributed by atoms with Crippen molar-refractivity contribution in [1.29, 1.82) is 0 Å². The Kier molecular flexibility index (Phi) is 8.97. The number of nitrogens with one attached hydrogen (secondary N) is 1. The summed E-state index contributed by atoms with van der Waals surface area (Å²) in [7, 11) is -1.07. The van der Waals surface area contributed by atoms with Crippen LogP contribution >= 0.6 is 0 Å². The van der Waals surface area contributed by atoms with E-state index in [1.165, 1.54) is 0 Å². The minimum atomic E-state index is -2.65. The molecule has 202 valence electrons. The van der Waals surface area contributed by atoms with Gasteiger partial charge in [0.2, 0.25) is 0 Å². The Morgan fingerprint density at radius 3 is 2.16 bits per heavy atom. The molecule has 1 saturated heterocycles. The summed E-state index contributed by atoms with van der Waals surface area (Å²) in [6.07, 6.45) is 1.14. The molecule has 1 aliphatic rings. The second kappa shape index (κ2) is 11.6. The molecule has 37 heavy (non-hydrogen) atoms. The maximum absolute atomic E-state index is 14.6. The molecule has 0 spiro atoms. The Balaban J connectivity index is 1.68. The molecule has 1 heterocycles. The Labute approximate surface area is 221 Å². The highest BCUT2D eigenvalue weighted by Gasteiger charge is 2.45. The Bertz CT molecular complexity index is 1220. The molecule has 3 N–H and O–H groups in total. The van der Waals surface area contributed by atoms with Crippen molar-refractivity contribution >= 4 is 20.3 Å². The molecule has 2 aromatic rings. The Morgan fingerprint density at radius 1 is 1.08 bits per heavy atom. The third-order valence-corrected chi connectivity index (χ3v) is 10.7. The highest BCUT2D eigenvalue weighted by molar-refractivity contribution is 8.03. The molecule has 0 aromatic heterocycles. The highest BCUT2D eigenvalue weighted by atomic mass is 32.2. The van der Waals surface area contributed by atoms with E-state index in [0.717, 1.165) is 9.76 Å². The average molecular weight is 529 g/mol. The van der Waals surface area contributed by atoms with Gasteiger partial charge in [-0.2, -0.15) is 0 Å². The van der Waals surface area contributed by atoms with Crippen LogP contribution in [0, 0.1) is 5.41 Å². The van der Waals surface area contributed by atoms with Gasteiger partial charge in [-0.3, -0.25) is 9.00 Å². The van der Waals surface area contributed by atoms with Crippen LogP contribution in [0.15, 0.2) is 65.7 Å². The first-order chi connectivity index (χ1) is 17.4. The molecule has 8 heteroatoms. The lowest BCUT2D eigenvalue weighted by atomic mass is 9.94. The SMILES string of the molecule is C=C(N)C1(S(=O)(=C(C)C)c2ccc(OCC(C)(C)CNC(=O)c3ccc(OC)cc3)cc2)CCOCC1. The summed E-state index contributed by atoms with van der Waals surface area (Å²) < 4.78 is 30.6. The third kappa shape index (κ3) is 6.13. The van der Waals surface area contributed by atoms with Crippen molar-refractivity contribution in [3.63, 3.8) is 0 Å². The van der Waals surface area contributed by atoms with Crippen molar-refractivity contribution in [3.05, 3.63) is 66.4 Å². The minimum Gasteiger partial charge on any atom is -0.497 e. The summed E-state index contributed by atoms with van der Waals surface area (Å²) in [6, 6.07) is 14.4. The number of ether oxygens (including phenoxy) is 3. The van der Waals surface area contributed by atoms with E-state index < -0.39 is 14.3 Å². The molecule has 0 saturated carbocycles. The quantitative estimate of drug-likeness (QED) is 0.443. The lowest BCUT2D eigenvalue weighted by Crippen LogP contribution is -2.49. The summed E-state index contributed by atoms with van der Waals surface area (Å²) in [5.74, 6) is 1.22. The number of hydrogen-bond donors (Lipinski definition) is 2.